The van der Waals surface area contributed by atoms with Crippen molar-refractivity contribution >= 4 is 11.6 Å². The van der Waals surface area contributed by atoms with Crippen molar-refractivity contribution in [1.29, 1.82) is 0 Å². The third-order valence-electron chi connectivity index (χ3n) is 8.39. The smallest absolute Gasteiger partial charge is 0.259 e. The lowest BCUT2D eigenvalue weighted by Crippen LogP contribution is -2.49. The predicted octanol–water partition coefficient (Wildman–Crippen LogP) is 3.30. The van der Waals surface area contributed by atoms with E-state index in [1.54, 1.807) is 6.33 Å². The number of pyridine rings is 1. The lowest BCUT2D eigenvalue weighted by Gasteiger charge is -2.42. The van der Waals surface area contributed by atoms with Crippen LogP contribution < -0.4 is 4.90 Å². The minimum atomic E-state index is -0.764. The van der Waals surface area contributed by atoms with Crippen molar-refractivity contribution in [2.45, 2.75) is 56.3 Å². The van der Waals surface area contributed by atoms with E-state index in [2.05, 4.69) is 27.2 Å². The first kappa shape index (κ1) is 23.0. The highest BCUT2D eigenvalue weighted by molar-refractivity contribution is 6.10. The highest BCUT2D eigenvalue weighted by atomic mass is 19.1. The van der Waals surface area contributed by atoms with E-state index < -0.39 is 6.17 Å². The van der Waals surface area contributed by atoms with Crippen molar-refractivity contribution in [3.8, 4) is 0 Å². The Kier molecular flexibility index (Phi) is 5.40. The van der Waals surface area contributed by atoms with Gasteiger partial charge in [-0.25, -0.2) is 4.39 Å². The highest BCUT2D eigenvalue weighted by Crippen LogP contribution is 2.44. The number of benzene rings is 1. The van der Waals surface area contributed by atoms with Crippen LogP contribution >= 0.6 is 0 Å². The number of nitrogens with zero attached hydrogens (tertiary/aromatic N) is 6. The van der Waals surface area contributed by atoms with Crippen molar-refractivity contribution in [3.63, 3.8) is 0 Å². The highest BCUT2D eigenvalue weighted by Gasteiger charge is 2.43. The van der Waals surface area contributed by atoms with Crippen molar-refractivity contribution in [2.24, 2.45) is 7.05 Å². The maximum atomic E-state index is 13.8. The van der Waals surface area contributed by atoms with E-state index in [-0.39, 0.29) is 11.3 Å². The summed E-state index contributed by atoms with van der Waals surface area (Å²) in [5.74, 6) is 1.37. The average molecular weight is 503 g/mol. The maximum absolute atomic E-state index is 13.8. The van der Waals surface area contributed by atoms with Gasteiger partial charge in [0.2, 0.25) is 0 Å². The number of likely N-dealkylation sites (tertiary alicyclic amines) is 1. The molecule has 0 spiro atoms. The molecule has 2 saturated heterocycles. The number of hydrogen-bond donors (Lipinski definition) is 0. The second-order valence-corrected chi connectivity index (χ2v) is 11.2. The molecule has 1 aromatic carbocycles. The summed E-state index contributed by atoms with van der Waals surface area (Å²) < 4.78 is 21.4. The molecule has 9 heteroatoms. The molecular weight excluding hydrogens is 471 g/mol. The van der Waals surface area contributed by atoms with Gasteiger partial charge in [-0.05, 0) is 43.0 Å². The van der Waals surface area contributed by atoms with E-state index in [1.165, 1.54) is 0 Å². The van der Waals surface area contributed by atoms with E-state index >= 15 is 0 Å². The summed E-state index contributed by atoms with van der Waals surface area (Å²) in [4.78, 5) is 22.8. The lowest BCUT2D eigenvalue weighted by molar-refractivity contribution is -0.0611. The Hall–Kier alpha value is -3.17. The number of carbonyl (C=O) groups excluding carboxylic acids is 1. The molecule has 1 aliphatic carbocycles. The maximum Gasteiger partial charge on any atom is 0.259 e. The zero-order valence-electron chi connectivity index (χ0n) is 21.1. The molecule has 5 heterocycles. The zero-order chi connectivity index (χ0) is 25.1. The number of alkyl halides is 1. The fourth-order valence-corrected chi connectivity index (χ4v) is 6.01. The summed E-state index contributed by atoms with van der Waals surface area (Å²) in [7, 11) is 1.96. The normalized spacial score (nSPS) is 22.9. The van der Waals surface area contributed by atoms with Gasteiger partial charge in [-0.15, -0.1) is 10.2 Å². The molecule has 1 saturated carbocycles. The molecular formula is C28H31FN6O2. The number of ether oxygens (including phenoxy) is 1. The number of anilines is 1. The standard InChI is InChI=1S/C28H31FN6O2/c1-33-17-30-32-25(33)11-28(15-37-16-28)19-3-2-4-22(9-19)35-14-24-23(27(35)36)10-21(31-26(24)18-5-6-18)13-34-8-7-20(29)12-34/h2-4,9-10,17-18,20H,5-8,11-16H2,1H3/t20-/m0/s1. The minimum Gasteiger partial charge on any atom is -0.379 e. The van der Waals surface area contributed by atoms with Crippen molar-refractivity contribution in [1.82, 2.24) is 24.6 Å². The third kappa shape index (κ3) is 4.05. The lowest BCUT2D eigenvalue weighted by atomic mass is 9.75. The van der Waals surface area contributed by atoms with E-state index in [9.17, 15) is 9.18 Å². The molecule has 2 aromatic heterocycles. The van der Waals surface area contributed by atoms with Crippen LogP contribution in [0.5, 0.6) is 0 Å². The Morgan fingerprint density at radius 1 is 1.19 bits per heavy atom. The molecule has 8 nitrogen and oxygen atoms in total. The Morgan fingerprint density at radius 2 is 2.05 bits per heavy atom. The topological polar surface area (TPSA) is 76.4 Å². The van der Waals surface area contributed by atoms with Crippen molar-refractivity contribution in [2.75, 3.05) is 31.2 Å². The molecule has 3 aliphatic heterocycles. The van der Waals surface area contributed by atoms with Crippen molar-refractivity contribution < 1.29 is 13.9 Å². The molecule has 0 N–H and O–H groups in total. The largest absolute Gasteiger partial charge is 0.379 e. The molecule has 0 bridgehead atoms. The molecule has 7 rings (SSSR count). The summed E-state index contributed by atoms with van der Waals surface area (Å²) in [6.45, 7) is 3.57. The Bertz CT molecular complexity index is 1360. The van der Waals surface area contributed by atoms with Crippen LogP contribution in [0.3, 0.4) is 0 Å². The molecule has 3 aromatic rings. The molecule has 0 unspecified atom stereocenters. The van der Waals surface area contributed by atoms with Gasteiger partial charge in [0.1, 0.15) is 18.3 Å². The molecule has 37 heavy (non-hydrogen) atoms. The summed E-state index contributed by atoms with van der Waals surface area (Å²) in [6, 6.07) is 10.3. The number of aryl methyl sites for hydroxylation is 1. The summed E-state index contributed by atoms with van der Waals surface area (Å²) >= 11 is 0. The fraction of sp³-hybridized carbons (Fsp3) is 0.500. The third-order valence-corrected chi connectivity index (χ3v) is 8.39. The zero-order valence-corrected chi connectivity index (χ0v) is 21.1. The number of amides is 1. The van der Waals surface area contributed by atoms with Crippen LogP contribution in [0.15, 0.2) is 36.7 Å². The molecule has 4 aliphatic rings. The summed E-state index contributed by atoms with van der Waals surface area (Å²) in [5.41, 5.74) is 5.64. The summed E-state index contributed by atoms with van der Waals surface area (Å²) in [6.07, 6.45) is 4.50. The van der Waals surface area contributed by atoms with Crippen LogP contribution in [0.1, 0.15) is 63.9 Å². The van der Waals surface area contributed by atoms with Gasteiger partial charge in [-0.1, -0.05) is 12.1 Å². The van der Waals surface area contributed by atoms with E-state index in [0.29, 0.717) is 45.2 Å². The Labute approximate surface area is 215 Å². The first-order valence-electron chi connectivity index (χ1n) is 13.2. The molecule has 1 atom stereocenters. The van der Waals surface area contributed by atoms with Crippen LogP contribution in [0.4, 0.5) is 10.1 Å². The Balaban J connectivity index is 1.18. The van der Waals surface area contributed by atoms with Gasteiger partial charge in [-0.2, -0.15) is 0 Å². The average Bonchev–Trinajstić information content (AvgIpc) is 3.40. The number of halogens is 1. The van der Waals surface area contributed by atoms with E-state index in [4.69, 9.17) is 9.72 Å². The molecule has 3 fully saturated rings. The van der Waals surface area contributed by atoms with Gasteiger partial charge in [-0.3, -0.25) is 14.7 Å². The van der Waals surface area contributed by atoms with Crippen LogP contribution in [-0.4, -0.2) is 63.0 Å². The van der Waals surface area contributed by atoms with E-state index in [0.717, 1.165) is 65.4 Å². The van der Waals surface area contributed by atoms with Gasteiger partial charge in [0.25, 0.3) is 5.91 Å². The van der Waals surface area contributed by atoms with Gasteiger partial charge in [0.05, 0.1) is 25.5 Å². The van der Waals surface area contributed by atoms with Crippen molar-refractivity contribution in [3.05, 3.63) is 70.6 Å². The molecule has 192 valence electrons. The minimum absolute atomic E-state index is 0.0229. The van der Waals surface area contributed by atoms with Crippen LogP contribution in [-0.2, 0) is 36.7 Å². The number of hydrogen-bond acceptors (Lipinski definition) is 6. The Morgan fingerprint density at radius 3 is 2.73 bits per heavy atom. The second-order valence-electron chi connectivity index (χ2n) is 11.2. The monoisotopic (exact) mass is 502 g/mol. The number of aromatic nitrogens is 4. The second kappa shape index (κ2) is 8.70. The number of fused-ring (bicyclic) bond motifs is 1. The first-order chi connectivity index (χ1) is 18.0. The predicted molar refractivity (Wildman–Crippen MR) is 135 cm³/mol. The van der Waals surface area contributed by atoms with Gasteiger partial charge in [0.15, 0.2) is 0 Å². The number of rotatable bonds is 7. The van der Waals surface area contributed by atoms with Crippen LogP contribution in [0, 0.1) is 0 Å². The quantitative estimate of drug-likeness (QED) is 0.494. The summed E-state index contributed by atoms with van der Waals surface area (Å²) in [5, 5.41) is 8.32. The van der Waals surface area contributed by atoms with Gasteiger partial charge >= 0.3 is 0 Å². The molecule has 1 amide bonds. The van der Waals surface area contributed by atoms with E-state index in [1.807, 2.05) is 34.7 Å². The van der Waals surface area contributed by atoms with Gasteiger partial charge < -0.3 is 14.2 Å². The van der Waals surface area contributed by atoms with Gasteiger partial charge in [0, 0.05) is 66.9 Å². The first-order valence-corrected chi connectivity index (χ1v) is 13.2. The van der Waals surface area contributed by atoms with Crippen LogP contribution in [0.25, 0.3) is 0 Å². The fourth-order valence-electron chi connectivity index (χ4n) is 6.01. The molecule has 0 radical (unpaired) electrons. The number of carbonyl (C=O) groups is 1. The SMILES string of the molecule is Cn1cnnc1CC1(c2cccc(N3Cc4c(cc(CN5CC[C@H](F)C5)nc4C4CC4)C3=O)c2)COC1. The van der Waals surface area contributed by atoms with Crippen LogP contribution in [0.2, 0.25) is 0 Å².